The number of alkyl halides is 2. The number of hydrogen-bond acceptors (Lipinski definition) is 6. The zero-order valence-corrected chi connectivity index (χ0v) is 18.5. The van der Waals surface area contributed by atoms with E-state index < -0.39 is 11.5 Å². The van der Waals surface area contributed by atoms with Crippen molar-refractivity contribution in [1.82, 2.24) is 14.7 Å². The van der Waals surface area contributed by atoms with Crippen molar-refractivity contribution in [3.8, 4) is 5.75 Å². The van der Waals surface area contributed by atoms with E-state index in [1.54, 1.807) is 4.90 Å². The topological polar surface area (TPSA) is 65.5 Å². The number of halogens is 2. The molecule has 1 amide bonds. The van der Waals surface area contributed by atoms with Crippen molar-refractivity contribution in [3.63, 3.8) is 0 Å². The summed E-state index contributed by atoms with van der Waals surface area (Å²) in [5, 5.41) is 11.0. The highest BCUT2D eigenvalue weighted by atomic mass is 19.3. The average Bonchev–Trinajstić information content (AvgIpc) is 3.15. The quantitative estimate of drug-likeness (QED) is 0.677. The predicted octanol–water partition coefficient (Wildman–Crippen LogP) is 1.59. The Morgan fingerprint density at radius 2 is 1.66 bits per heavy atom. The van der Waals surface area contributed by atoms with Crippen LogP contribution in [0.3, 0.4) is 0 Å². The summed E-state index contributed by atoms with van der Waals surface area (Å²) in [4.78, 5) is 18.1. The lowest BCUT2D eigenvalue weighted by Crippen LogP contribution is -2.49. The summed E-state index contributed by atoms with van der Waals surface area (Å²) in [6.45, 7) is 5.49. The van der Waals surface area contributed by atoms with Crippen LogP contribution in [0.2, 0.25) is 0 Å². The number of nitrogens with zero attached hydrogens (tertiary/aromatic N) is 3. The minimum absolute atomic E-state index is 0.0148. The van der Waals surface area contributed by atoms with Gasteiger partial charge in [0, 0.05) is 65.2 Å². The van der Waals surface area contributed by atoms with Gasteiger partial charge in [0.2, 0.25) is 0 Å². The monoisotopic (exact) mass is 453 g/mol. The third kappa shape index (κ3) is 6.37. The lowest BCUT2D eigenvalue weighted by atomic mass is 10.00. The number of β-amino-alcohol motifs (C(OH)–C–C–N with tert-alkyl or cyclic N) is 1. The van der Waals surface area contributed by atoms with Gasteiger partial charge in [0.25, 0.3) is 11.8 Å². The van der Waals surface area contributed by atoms with Crippen molar-refractivity contribution in [2.24, 2.45) is 0 Å². The second-order valence-electron chi connectivity index (χ2n) is 9.24. The molecule has 9 heteroatoms. The second kappa shape index (κ2) is 9.99. The van der Waals surface area contributed by atoms with Gasteiger partial charge < -0.3 is 19.5 Å². The maximum atomic E-state index is 13.4. The molecule has 32 heavy (non-hydrogen) atoms. The molecule has 178 valence electrons. The van der Waals surface area contributed by atoms with Crippen LogP contribution in [0.5, 0.6) is 5.75 Å². The number of hydrogen-bond donors (Lipinski definition) is 1. The van der Waals surface area contributed by atoms with Crippen LogP contribution in [0.4, 0.5) is 8.78 Å². The highest BCUT2D eigenvalue weighted by Crippen LogP contribution is 2.30. The number of carbonyl (C=O) groups is 1. The van der Waals surface area contributed by atoms with Crippen LogP contribution in [-0.2, 0) is 16.1 Å². The molecule has 3 aliphatic heterocycles. The van der Waals surface area contributed by atoms with Gasteiger partial charge in [-0.25, -0.2) is 8.78 Å². The lowest BCUT2D eigenvalue weighted by molar-refractivity contribution is -0.137. The first-order valence-corrected chi connectivity index (χ1v) is 11.4. The number of aliphatic hydroxyl groups is 1. The standard InChI is InChI=1S/C23H33F2N3O4/c24-23(25)6-9-26(10-7-23)17-22(30)5-8-27(18-22)15-19-1-3-20(4-2-19)32-16-21(29)28-11-13-31-14-12-28/h1-4,30H,5-18H2/t22-/m1/s1. The van der Waals surface area contributed by atoms with Gasteiger partial charge in [-0.05, 0) is 24.1 Å². The number of ether oxygens (including phenoxy) is 2. The maximum absolute atomic E-state index is 13.4. The fourth-order valence-corrected chi connectivity index (χ4v) is 4.66. The summed E-state index contributed by atoms with van der Waals surface area (Å²) in [5.74, 6) is -1.95. The van der Waals surface area contributed by atoms with Gasteiger partial charge >= 0.3 is 0 Å². The average molecular weight is 454 g/mol. The molecule has 3 fully saturated rings. The fraction of sp³-hybridized carbons (Fsp3) is 0.696. The molecule has 0 saturated carbocycles. The third-order valence-electron chi connectivity index (χ3n) is 6.57. The molecule has 0 aliphatic carbocycles. The van der Waals surface area contributed by atoms with E-state index >= 15 is 0 Å². The maximum Gasteiger partial charge on any atom is 0.260 e. The van der Waals surface area contributed by atoms with Crippen LogP contribution >= 0.6 is 0 Å². The molecule has 0 aromatic heterocycles. The minimum atomic E-state index is -2.56. The predicted molar refractivity (Wildman–Crippen MR) is 115 cm³/mol. The van der Waals surface area contributed by atoms with Crippen LogP contribution in [0.25, 0.3) is 0 Å². The third-order valence-corrected chi connectivity index (χ3v) is 6.57. The summed E-state index contributed by atoms with van der Waals surface area (Å²) in [7, 11) is 0. The Balaban J connectivity index is 1.20. The van der Waals surface area contributed by atoms with E-state index in [1.807, 2.05) is 29.2 Å². The first-order chi connectivity index (χ1) is 15.3. The molecule has 4 rings (SSSR count). The summed E-state index contributed by atoms with van der Waals surface area (Å²) in [5.41, 5.74) is 0.244. The van der Waals surface area contributed by atoms with Gasteiger partial charge in [0.15, 0.2) is 6.61 Å². The van der Waals surface area contributed by atoms with Gasteiger partial charge in [0.1, 0.15) is 5.75 Å². The highest BCUT2D eigenvalue weighted by molar-refractivity contribution is 5.77. The van der Waals surface area contributed by atoms with E-state index in [1.165, 1.54) is 0 Å². The molecule has 1 atom stereocenters. The molecular weight excluding hydrogens is 420 g/mol. The first kappa shape index (κ1) is 23.4. The largest absolute Gasteiger partial charge is 0.484 e. The van der Waals surface area contributed by atoms with Crippen LogP contribution in [0.1, 0.15) is 24.8 Å². The second-order valence-corrected chi connectivity index (χ2v) is 9.24. The molecule has 3 saturated heterocycles. The van der Waals surface area contributed by atoms with Gasteiger partial charge in [0.05, 0.1) is 18.8 Å². The number of amides is 1. The molecule has 3 heterocycles. The minimum Gasteiger partial charge on any atom is -0.484 e. The van der Waals surface area contributed by atoms with Gasteiger partial charge in [-0.3, -0.25) is 14.6 Å². The fourth-order valence-electron chi connectivity index (χ4n) is 4.66. The van der Waals surface area contributed by atoms with Crippen LogP contribution in [0, 0.1) is 0 Å². The van der Waals surface area contributed by atoms with E-state index in [0.29, 0.717) is 71.2 Å². The normalized spacial score (nSPS) is 26.9. The summed E-state index contributed by atoms with van der Waals surface area (Å²) >= 11 is 0. The smallest absolute Gasteiger partial charge is 0.260 e. The Morgan fingerprint density at radius 1 is 1.00 bits per heavy atom. The van der Waals surface area contributed by atoms with E-state index in [9.17, 15) is 18.7 Å². The van der Waals surface area contributed by atoms with Crippen molar-refractivity contribution in [3.05, 3.63) is 29.8 Å². The Hall–Kier alpha value is -1.81. The number of benzene rings is 1. The molecule has 3 aliphatic rings. The van der Waals surface area contributed by atoms with Crippen LogP contribution < -0.4 is 4.74 Å². The van der Waals surface area contributed by atoms with Crippen molar-refractivity contribution >= 4 is 5.91 Å². The Kier molecular flexibility index (Phi) is 7.29. The highest BCUT2D eigenvalue weighted by Gasteiger charge is 2.40. The number of likely N-dealkylation sites (tertiary alicyclic amines) is 2. The summed E-state index contributed by atoms with van der Waals surface area (Å²) in [6, 6.07) is 7.66. The molecule has 0 spiro atoms. The van der Waals surface area contributed by atoms with Gasteiger partial charge in [-0.2, -0.15) is 0 Å². The van der Waals surface area contributed by atoms with Gasteiger partial charge in [-0.1, -0.05) is 12.1 Å². The van der Waals surface area contributed by atoms with Crippen molar-refractivity contribution in [2.45, 2.75) is 37.3 Å². The van der Waals surface area contributed by atoms with E-state index in [-0.39, 0.29) is 25.4 Å². The van der Waals surface area contributed by atoms with Crippen LogP contribution in [-0.4, -0.2) is 103 Å². The molecule has 1 N–H and O–H groups in total. The van der Waals surface area contributed by atoms with Crippen molar-refractivity contribution < 1.29 is 28.2 Å². The zero-order chi connectivity index (χ0) is 22.6. The van der Waals surface area contributed by atoms with E-state index in [0.717, 1.165) is 12.1 Å². The van der Waals surface area contributed by atoms with Crippen LogP contribution in [0.15, 0.2) is 24.3 Å². The van der Waals surface area contributed by atoms with Gasteiger partial charge in [-0.15, -0.1) is 0 Å². The Labute approximate surface area is 187 Å². The molecule has 0 bridgehead atoms. The van der Waals surface area contributed by atoms with E-state index in [2.05, 4.69) is 4.90 Å². The van der Waals surface area contributed by atoms with E-state index in [4.69, 9.17) is 9.47 Å². The SMILES string of the molecule is O=C(COc1ccc(CN2CC[C@@](O)(CN3CCC(F)(F)CC3)C2)cc1)N1CCOCC1. The first-order valence-electron chi connectivity index (χ1n) is 11.4. The lowest BCUT2D eigenvalue weighted by Gasteiger charge is -2.36. The Morgan fingerprint density at radius 3 is 2.34 bits per heavy atom. The molecule has 0 unspecified atom stereocenters. The number of carbonyl (C=O) groups excluding carboxylic acids is 1. The van der Waals surface area contributed by atoms with Crippen molar-refractivity contribution in [2.75, 3.05) is 65.6 Å². The number of rotatable bonds is 7. The number of morpholine rings is 1. The number of piperidine rings is 1. The Bertz CT molecular complexity index is 763. The van der Waals surface area contributed by atoms with Crippen molar-refractivity contribution in [1.29, 1.82) is 0 Å². The molecule has 0 radical (unpaired) electrons. The molecular formula is C23H33F2N3O4. The summed E-state index contributed by atoms with van der Waals surface area (Å²) < 4.78 is 37.6. The molecule has 1 aromatic carbocycles. The summed E-state index contributed by atoms with van der Waals surface area (Å²) in [6.07, 6.45) is 0.392. The zero-order valence-electron chi connectivity index (χ0n) is 18.5. The molecule has 1 aromatic rings. The molecule has 7 nitrogen and oxygen atoms in total.